The number of rotatable bonds is 3. The molecule has 0 aliphatic carbocycles. The number of hydrogen-bond acceptors (Lipinski definition) is 6. The lowest BCUT2D eigenvalue weighted by molar-refractivity contribution is -0.134. The molecule has 0 aliphatic rings. The van der Waals surface area contributed by atoms with Crippen molar-refractivity contribution >= 4 is 28.7 Å². The predicted molar refractivity (Wildman–Crippen MR) is 42.8 cm³/mol. The molecule has 2 N–H and O–H groups in total. The Labute approximate surface area is 70.4 Å². The molecular formula is C4H9NO4S2. The van der Waals surface area contributed by atoms with Crippen molar-refractivity contribution in [1.29, 1.82) is 0 Å². The Morgan fingerprint density at radius 1 is 1.73 bits per heavy atom. The van der Waals surface area contributed by atoms with Crippen LogP contribution in [0, 0.1) is 0 Å². The van der Waals surface area contributed by atoms with Crippen LogP contribution < -0.4 is 5.73 Å². The van der Waals surface area contributed by atoms with E-state index in [2.05, 4.69) is 16.8 Å². The standard InChI is InChI=1S/C4H9NO4S2/c1-11(7,8)9-4(6)3(5)2-10/h3,10H,2,5H2,1H3/t3-/m0/s1. The van der Waals surface area contributed by atoms with Gasteiger partial charge < -0.3 is 9.92 Å². The summed E-state index contributed by atoms with van der Waals surface area (Å²) in [5, 5.41) is 0. The quantitative estimate of drug-likeness (QED) is 0.438. The van der Waals surface area contributed by atoms with Crippen molar-refractivity contribution in [2.75, 3.05) is 12.0 Å². The third-order valence-electron chi connectivity index (χ3n) is 0.733. The molecular weight excluding hydrogens is 190 g/mol. The predicted octanol–water partition coefficient (Wildman–Crippen LogP) is -1.25. The fourth-order valence-corrected chi connectivity index (χ4v) is 0.857. The van der Waals surface area contributed by atoms with Gasteiger partial charge in [0.15, 0.2) is 0 Å². The van der Waals surface area contributed by atoms with E-state index >= 15 is 0 Å². The second kappa shape index (κ2) is 3.93. The van der Waals surface area contributed by atoms with Crippen molar-refractivity contribution in [2.24, 2.45) is 5.73 Å². The SMILES string of the molecule is CS(=O)(=O)OC(=O)[C@@H](N)CS. The molecule has 0 aromatic heterocycles. The molecule has 0 aliphatic heterocycles. The molecule has 0 saturated carbocycles. The fourth-order valence-electron chi connectivity index (χ4n) is 0.286. The maximum atomic E-state index is 10.6. The van der Waals surface area contributed by atoms with Crippen LogP contribution in [0.1, 0.15) is 0 Å². The first-order chi connectivity index (χ1) is 4.87. The second-order valence-corrected chi connectivity index (χ2v) is 3.84. The summed E-state index contributed by atoms with van der Waals surface area (Å²) in [6.07, 6.45) is 0.774. The van der Waals surface area contributed by atoms with Gasteiger partial charge in [-0.05, 0) is 0 Å². The van der Waals surface area contributed by atoms with Crippen LogP contribution in [0.25, 0.3) is 0 Å². The Hall–Kier alpha value is -0.270. The highest BCUT2D eigenvalue weighted by Crippen LogP contribution is 1.93. The summed E-state index contributed by atoms with van der Waals surface area (Å²) in [7, 11) is -3.74. The monoisotopic (exact) mass is 199 g/mol. The molecule has 7 heteroatoms. The Bertz CT molecular complexity index is 234. The maximum Gasteiger partial charge on any atom is 0.339 e. The minimum atomic E-state index is -3.74. The summed E-state index contributed by atoms with van der Waals surface area (Å²) < 4.78 is 24.6. The Morgan fingerprint density at radius 2 is 2.18 bits per heavy atom. The molecule has 0 rings (SSSR count). The molecule has 5 nitrogen and oxygen atoms in total. The van der Waals surface area contributed by atoms with Crippen molar-refractivity contribution in [3.8, 4) is 0 Å². The molecule has 0 amide bonds. The number of thiol groups is 1. The third-order valence-corrected chi connectivity index (χ3v) is 1.59. The molecule has 66 valence electrons. The first kappa shape index (κ1) is 10.7. The number of carbonyl (C=O) groups is 1. The highest BCUT2D eigenvalue weighted by molar-refractivity contribution is 7.86. The molecule has 0 radical (unpaired) electrons. The van der Waals surface area contributed by atoms with Crippen molar-refractivity contribution in [3.05, 3.63) is 0 Å². The van der Waals surface area contributed by atoms with Crippen LogP contribution in [-0.2, 0) is 19.1 Å². The smallest absolute Gasteiger partial charge is 0.339 e. The van der Waals surface area contributed by atoms with E-state index in [0.717, 1.165) is 6.26 Å². The van der Waals surface area contributed by atoms with Gasteiger partial charge in [0, 0.05) is 5.75 Å². The largest absolute Gasteiger partial charge is 0.344 e. The zero-order valence-corrected chi connectivity index (χ0v) is 7.56. The minimum Gasteiger partial charge on any atom is -0.344 e. The van der Waals surface area contributed by atoms with Gasteiger partial charge in [-0.1, -0.05) is 0 Å². The van der Waals surface area contributed by atoms with Gasteiger partial charge in [-0.3, -0.25) is 0 Å². The van der Waals surface area contributed by atoms with E-state index in [-0.39, 0.29) is 5.75 Å². The van der Waals surface area contributed by atoms with E-state index in [4.69, 9.17) is 5.73 Å². The molecule has 0 unspecified atom stereocenters. The van der Waals surface area contributed by atoms with Gasteiger partial charge in [-0.25, -0.2) is 4.79 Å². The minimum absolute atomic E-state index is 0.0500. The molecule has 1 atom stereocenters. The zero-order chi connectivity index (χ0) is 9.07. The van der Waals surface area contributed by atoms with Gasteiger partial charge in [0.1, 0.15) is 6.04 Å². The van der Waals surface area contributed by atoms with E-state index in [0.29, 0.717) is 0 Å². The average molecular weight is 199 g/mol. The number of hydrogen-bond donors (Lipinski definition) is 2. The number of carbonyl (C=O) groups excluding carboxylic acids is 1. The fraction of sp³-hybridized carbons (Fsp3) is 0.750. The Kier molecular flexibility index (Phi) is 3.84. The van der Waals surface area contributed by atoms with Crippen LogP contribution in [-0.4, -0.2) is 32.4 Å². The van der Waals surface area contributed by atoms with E-state index in [1.807, 2.05) is 0 Å². The van der Waals surface area contributed by atoms with Gasteiger partial charge in [-0.15, -0.1) is 0 Å². The van der Waals surface area contributed by atoms with Gasteiger partial charge in [0.25, 0.3) is 0 Å². The van der Waals surface area contributed by atoms with E-state index in [9.17, 15) is 13.2 Å². The first-order valence-electron chi connectivity index (χ1n) is 2.66. The van der Waals surface area contributed by atoms with E-state index in [1.54, 1.807) is 0 Å². The molecule has 0 aromatic carbocycles. The summed E-state index contributed by atoms with van der Waals surface area (Å²) in [5.74, 6) is -0.934. The molecule has 0 heterocycles. The lowest BCUT2D eigenvalue weighted by atomic mass is 10.4. The topological polar surface area (TPSA) is 86.5 Å². The van der Waals surface area contributed by atoms with Gasteiger partial charge in [0.2, 0.25) is 0 Å². The Balaban J connectivity index is 4.10. The molecule has 0 fully saturated rings. The van der Waals surface area contributed by atoms with Crippen LogP contribution in [0.15, 0.2) is 0 Å². The lowest BCUT2D eigenvalue weighted by Gasteiger charge is -2.05. The van der Waals surface area contributed by atoms with E-state index in [1.165, 1.54) is 0 Å². The third kappa shape index (κ3) is 5.05. The van der Waals surface area contributed by atoms with Crippen molar-refractivity contribution in [1.82, 2.24) is 0 Å². The highest BCUT2D eigenvalue weighted by Gasteiger charge is 2.17. The van der Waals surface area contributed by atoms with Crippen molar-refractivity contribution < 1.29 is 17.4 Å². The lowest BCUT2D eigenvalue weighted by Crippen LogP contribution is -2.35. The van der Waals surface area contributed by atoms with Crippen LogP contribution in [0.5, 0.6) is 0 Å². The van der Waals surface area contributed by atoms with Gasteiger partial charge in [0.05, 0.1) is 6.26 Å². The normalized spacial score (nSPS) is 14.1. The van der Waals surface area contributed by atoms with Crippen LogP contribution in [0.4, 0.5) is 0 Å². The summed E-state index contributed by atoms with van der Waals surface area (Å²) in [6.45, 7) is 0. The molecule has 0 aromatic rings. The maximum absolute atomic E-state index is 10.6. The highest BCUT2D eigenvalue weighted by atomic mass is 32.2. The summed E-state index contributed by atoms with van der Waals surface area (Å²) in [5.41, 5.74) is 5.11. The van der Waals surface area contributed by atoms with Crippen LogP contribution in [0.2, 0.25) is 0 Å². The van der Waals surface area contributed by atoms with Gasteiger partial charge >= 0.3 is 16.1 Å². The van der Waals surface area contributed by atoms with Gasteiger partial charge in [-0.2, -0.15) is 21.0 Å². The van der Waals surface area contributed by atoms with Crippen molar-refractivity contribution in [2.45, 2.75) is 6.04 Å². The summed E-state index contributed by atoms with van der Waals surface area (Å²) in [4.78, 5) is 10.6. The average Bonchev–Trinajstić information content (AvgIpc) is 1.82. The molecule has 0 saturated heterocycles. The van der Waals surface area contributed by atoms with Crippen molar-refractivity contribution in [3.63, 3.8) is 0 Å². The summed E-state index contributed by atoms with van der Waals surface area (Å²) >= 11 is 3.68. The van der Waals surface area contributed by atoms with Crippen LogP contribution >= 0.6 is 12.6 Å². The zero-order valence-electron chi connectivity index (χ0n) is 5.85. The summed E-state index contributed by atoms with van der Waals surface area (Å²) in [6, 6.07) is -0.993. The Morgan fingerprint density at radius 3 is 2.45 bits per heavy atom. The first-order valence-corrected chi connectivity index (χ1v) is 5.11. The molecule has 0 spiro atoms. The van der Waals surface area contributed by atoms with E-state index < -0.39 is 22.1 Å². The molecule has 0 bridgehead atoms. The van der Waals surface area contributed by atoms with Crippen LogP contribution in [0.3, 0.4) is 0 Å². The molecule has 11 heavy (non-hydrogen) atoms. The second-order valence-electron chi connectivity index (χ2n) is 1.90. The number of nitrogens with two attached hydrogens (primary N) is 1.